The van der Waals surface area contributed by atoms with E-state index in [1.165, 1.54) is 45.3 Å². The Morgan fingerprint density at radius 3 is 0.732 bits per heavy atom. The SMILES string of the molecule is O.O.O=C([O-])[C@H](CO)NCc1cccs1.O=C([O-])[C@H](CO)NCc1cccs1.O=C([O-])[C@H](CO)NCc1cccs1.O=C([O-])[C@H](CO)NCc1cccs1.[Cu+2].[Cu+2]. The Morgan fingerprint density at radius 1 is 0.446 bits per heavy atom. The number of aliphatic hydroxyl groups excluding tert-OH is 4. The molecule has 322 valence electrons. The fourth-order valence-electron chi connectivity index (χ4n) is 3.44. The van der Waals surface area contributed by atoms with Gasteiger partial charge in [0.1, 0.15) is 0 Å². The molecule has 4 aromatic rings. The van der Waals surface area contributed by atoms with Crippen LogP contribution in [0.5, 0.6) is 0 Å². The first kappa shape index (κ1) is 60.0. The molecule has 0 aliphatic rings. The number of carboxylic acids is 4. The van der Waals surface area contributed by atoms with E-state index in [1.54, 1.807) is 0 Å². The number of rotatable bonds is 20. The van der Waals surface area contributed by atoms with Gasteiger partial charge in [0.15, 0.2) is 0 Å². The van der Waals surface area contributed by atoms with Crippen LogP contribution in [0.2, 0.25) is 0 Å². The molecule has 0 amide bonds. The molecule has 2 radical (unpaired) electrons. The second-order valence-corrected chi connectivity index (χ2v) is 14.2. The second-order valence-electron chi connectivity index (χ2n) is 10.1. The second kappa shape index (κ2) is 36.6. The normalized spacial score (nSPS) is 11.8. The van der Waals surface area contributed by atoms with Crippen molar-refractivity contribution in [2.45, 2.75) is 50.3 Å². The number of hydrogen-bond acceptors (Lipinski definition) is 20. The molecule has 4 heterocycles. The van der Waals surface area contributed by atoms with Gasteiger partial charge in [0.25, 0.3) is 0 Å². The molecule has 4 atom stereocenters. The molecule has 0 aromatic carbocycles. The molecule has 0 spiro atoms. The predicted molar refractivity (Wildman–Crippen MR) is 195 cm³/mol. The van der Waals surface area contributed by atoms with Gasteiger partial charge in [-0.25, -0.2) is 0 Å². The molecule has 0 aliphatic carbocycles. The average Bonchev–Trinajstić information content (AvgIpc) is 3.96. The molecule has 56 heavy (non-hydrogen) atoms. The zero-order valence-electron chi connectivity index (χ0n) is 29.2. The smallest absolute Gasteiger partial charge is 0.548 e. The molecule has 0 saturated carbocycles. The molecule has 4 rings (SSSR count). The van der Waals surface area contributed by atoms with Crippen LogP contribution in [-0.2, 0) is 79.5 Å². The summed E-state index contributed by atoms with van der Waals surface area (Å²) in [5, 5.41) is 94.3. The van der Waals surface area contributed by atoms with Gasteiger partial charge in [0, 0.05) is 45.7 Å². The van der Waals surface area contributed by atoms with Gasteiger partial charge in [0.2, 0.25) is 0 Å². The van der Waals surface area contributed by atoms with Crippen LogP contribution in [0.1, 0.15) is 19.5 Å². The minimum Gasteiger partial charge on any atom is -0.548 e. The Morgan fingerprint density at radius 2 is 0.625 bits per heavy atom. The number of nitrogens with one attached hydrogen (secondary N) is 4. The van der Waals surface area contributed by atoms with Crippen LogP contribution >= 0.6 is 45.3 Å². The number of carbonyl (C=O) groups is 4. The fraction of sp³-hybridized carbons (Fsp3) is 0.375. The Hall–Kier alpha value is -2.68. The third kappa shape index (κ3) is 27.0. The Balaban J connectivity index is -0.000000314. The van der Waals surface area contributed by atoms with Crippen molar-refractivity contribution < 1.29 is 105 Å². The standard InChI is InChI=1S/4C8H11NO3S.2Cu.2H2O/c4*10-5-7(8(11)12)9-4-6-2-1-3-13-6;;;;/h4*1-3,7,9-10H,4-5H2,(H,11,12);;;2*1H2/q;;;;2*+2;;/p-4/t4*7-;;;;/m0000..../s1. The van der Waals surface area contributed by atoms with E-state index in [2.05, 4.69) is 21.3 Å². The number of carbonyl (C=O) groups excluding carboxylic acids is 4. The zero-order valence-corrected chi connectivity index (χ0v) is 34.3. The summed E-state index contributed by atoms with van der Waals surface area (Å²) in [7, 11) is 0. The van der Waals surface area contributed by atoms with Crippen LogP contribution in [0.25, 0.3) is 0 Å². The number of thiophene rings is 4. The van der Waals surface area contributed by atoms with Gasteiger partial charge in [-0.2, -0.15) is 0 Å². The van der Waals surface area contributed by atoms with Crippen molar-refractivity contribution >= 4 is 69.2 Å². The van der Waals surface area contributed by atoms with E-state index in [4.69, 9.17) is 20.4 Å². The van der Waals surface area contributed by atoms with Crippen LogP contribution in [0.15, 0.2) is 70.1 Å². The maximum absolute atomic E-state index is 10.4. The number of aliphatic hydroxyl groups is 4. The molecule has 24 heteroatoms. The largest absolute Gasteiger partial charge is 2.00 e. The zero-order chi connectivity index (χ0) is 38.7. The summed E-state index contributed by atoms with van der Waals surface area (Å²) in [6, 6.07) is 11.2. The first-order valence-corrected chi connectivity index (χ1v) is 18.8. The first-order valence-electron chi connectivity index (χ1n) is 15.2. The summed E-state index contributed by atoms with van der Waals surface area (Å²) in [5.74, 6) is -5.11. The number of carboxylic acid groups (broad SMARTS) is 4. The third-order valence-corrected chi connectivity index (χ3v) is 9.79. The summed E-state index contributed by atoms with van der Waals surface area (Å²) in [4.78, 5) is 45.5. The van der Waals surface area contributed by atoms with Gasteiger partial charge in [-0.1, -0.05) is 24.3 Å². The Bertz CT molecular complexity index is 1280. The van der Waals surface area contributed by atoms with Gasteiger partial charge >= 0.3 is 34.1 Å². The van der Waals surface area contributed by atoms with E-state index < -0.39 is 74.5 Å². The van der Waals surface area contributed by atoms with Crippen LogP contribution in [0.4, 0.5) is 0 Å². The minimum atomic E-state index is -1.28. The molecule has 0 fully saturated rings. The Labute approximate surface area is 359 Å². The van der Waals surface area contributed by atoms with Gasteiger partial charge in [-0.3, -0.25) is 0 Å². The predicted octanol–water partition coefficient (Wildman–Crippen LogP) is -5.86. The topological polar surface area (TPSA) is 353 Å². The molecule has 12 N–H and O–H groups in total. The average molecular weight is 964 g/mol. The molecular formula is C32H44Cu2N4O14S4. The van der Waals surface area contributed by atoms with Crippen LogP contribution in [0, 0.1) is 0 Å². The van der Waals surface area contributed by atoms with Crippen LogP contribution in [-0.4, -0.2) is 106 Å². The summed E-state index contributed by atoms with van der Waals surface area (Å²) >= 11 is 6.12. The maximum Gasteiger partial charge on any atom is 2.00 e. The van der Waals surface area contributed by atoms with Crippen molar-refractivity contribution in [3.8, 4) is 0 Å². The van der Waals surface area contributed by atoms with E-state index in [9.17, 15) is 39.6 Å². The van der Waals surface area contributed by atoms with Crippen molar-refractivity contribution in [1.82, 2.24) is 21.3 Å². The Kier molecular flexibility index (Phi) is 39.3. The molecular weight excluding hydrogens is 920 g/mol. The van der Waals surface area contributed by atoms with Gasteiger partial charge in [-0.05, 0) is 45.8 Å². The van der Waals surface area contributed by atoms with E-state index in [0.29, 0.717) is 26.2 Å². The molecule has 0 bridgehead atoms. The monoisotopic (exact) mass is 962 g/mol. The quantitative estimate of drug-likeness (QED) is 0.0383. The number of aliphatic carboxylic acids is 4. The molecule has 0 unspecified atom stereocenters. The van der Waals surface area contributed by atoms with E-state index in [0.717, 1.165) is 19.5 Å². The van der Waals surface area contributed by atoms with Crippen LogP contribution < -0.4 is 41.7 Å². The summed E-state index contributed by atoms with van der Waals surface area (Å²) in [5.41, 5.74) is 0. The van der Waals surface area contributed by atoms with Crippen molar-refractivity contribution in [2.24, 2.45) is 0 Å². The first-order chi connectivity index (χ1) is 24.9. The molecule has 0 aliphatic heterocycles. The summed E-state index contributed by atoms with van der Waals surface area (Å²) in [6.07, 6.45) is 0. The molecule has 0 saturated heterocycles. The van der Waals surface area contributed by atoms with Crippen molar-refractivity contribution in [1.29, 1.82) is 0 Å². The van der Waals surface area contributed by atoms with Gasteiger partial charge in [0.05, 0.1) is 74.5 Å². The van der Waals surface area contributed by atoms with Gasteiger partial charge in [-0.15, -0.1) is 45.3 Å². The third-order valence-electron chi connectivity index (χ3n) is 6.28. The minimum absolute atomic E-state index is 0. The van der Waals surface area contributed by atoms with E-state index in [-0.39, 0.29) is 45.1 Å². The van der Waals surface area contributed by atoms with Crippen LogP contribution in [0.3, 0.4) is 0 Å². The summed E-state index contributed by atoms with van der Waals surface area (Å²) in [6.45, 7) is -0.0374. The van der Waals surface area contributed by atoms with E-state index in [1.807, 2.05) is 70.1 Å². The van der Waals surface area contributed by atoms with Crippen molar-refractivity contribution in [3.63, 3.8) is 0 Å². The van der Waals surface area contributed by atoms with Crippen molar-refractivity contribution in [2.75, 3.05) is 26.4 Å². The number of hydrogen-bond donors (Lipinski definition) is 8. The van der Waals surface area contributed by atoms with Crippen molar-refractivity contribution in [3.05, 3.63) is 89.6 Å². The van der Waals surface area contributed by atoms with Gasteiger partial charge < -0.3 is 92.2 Å². The van der Waals surface area contributed by atoms with E-state index >= 15 is 0 Å². The molecule has 4 aromatic heterocycles. The maximum atomic E-state index is 10.4. The fourth-order valence-corrected chi connectivity index (χ4v) is 6.06. The summed E-state index contributed by atoms with van der Waals surface area (Å²) < 4.78 is 0. The molecule has 18 nitrogen and oxygen atoms in total.